The quantitative estimate of drug-likeness (QED) is 0.178. The molecule has 0 fully saturated rings. The van der Waals surface area contributed by atoms with Crippen LogP contribution in [0.4, 0.5) is 0 Å². The summed E-state index contributed by atoms with van der Waals surface area (Å²) in [5.41, 5.74) is 0. The normalized spacial score (nSPS) is 13.3. The minimum absolute atomic E-state index is 0.504. The number of rotatable bonds is 15. The Hall–Kier alpha value is -0.0831. The van der Waals surface area contributed by atoms with Gasteiger partial charge in [-0.05, 0) is 32.0 Å². The van der Waals surface area contributed by atoms with E-state index in [-0.39, 0.29) is 0 Å². The van der Waals surface area contributed by atoms with Gasteiger partial charge in [0.25, 0.3) is 0 Å². The molecule has 1 atom stereocenters. The van der Waals surface area contributed by atoms with Gasteiger partial charge in [0, 0.05) is 6.10 Å². The van der Waals surface area contributed by atoms with Gasteiger partial charge in [0.1, 0.15) is 0 Å². The first-order chi connectivity index (χ1) is 10.1. The maximum Gasteiger partial charge on any atom is 0.190 e. The fraction of sp³-hybridized carbons (Fsp3) is 0.895. The molecule has 0 aromatic rings. The van der Waals surface area contributed by atoms with Crippen LogP contribution in [0.2, 0.25) is 19.1 Å². The van der Waals surface area contributed by atoms with Crippen molar-refractivity contribution in [1.29, 1.82) is 0 Å². The Kier molecular flexibility index (Phi) is 13.5. The Bertz CT molecular complexity index is 238. The van der Waals surface area contributed by atoms with Crippen LogP contribution in [-0.2, 0) is 4.43 Å². The third-order valence-electron chi connectivity index (χ3n) is 4.13. The topological polar surface area (TPSA) is 9.23 Å². The molecule has 2 heteroatoms. The third kappa shape index (κ3) is 13.3. The van der Waals surface area contributed by atoms with Crippen molar-refractivity contribution < 1.29 is 4.43 Å². The van der Waals surface area contributed by atoms with Gasteiger partial charge in [0.15, 0.2) is 8.32 Å². The first kappa shape index (κ1) is 20.9. The number of allylic oxidation sites excluding steroid dienone is 1. The van der Waals surface area contributed by atoms with Crippen molar-refractivity contribution in [3.63, 3.8) is 0 Å². The van der Waals surface area contributed by atoms with Gasteiger partial charge in [-0.2, -0.15) is 0 Å². The van der Waals surface area contributed by atoms with Crippen molar-refractivity contribution >= 4 is 8.32 Å². The van der Waals surface area contributed by atoms with Crippen LogP contribution >= 0.6 is 0 Å². The lowest BCUT2D eigenvalue weighted by atomic mass is 10.0. The summed E-state index contributed by atoms with van der Waals surface area (Å²) in [7, 11) is -1.53. The first-order valence-corrected chi connectivity index (χ1v) is 12.5. The average molecular weight is 313 g/mol. The molecule has 0 rings (SSSR count). The smallest absolute Gasteiger partial charge is 0.190 e. The second kappa shape index (κ2) is 13.6. The van der Waals surface area contributed by atoms with Crippen molar-refractivity contribution in [3.05, 3.63) is 12.7 Å². The molecule has 1 unspecified atom stereocenters. The van der Waals surface area contributed by atoms with Gasteiger partial charge in [-0.25, -0.2) is 0 Å². The summed E-state index contributed by atoms with van der Waals surface area (Å²) in [4.78, 5) is 0. The molecular weight excluding hydrogens is 272 g/mol. The number of unbranched alkanes of at least 4 members (excludes halogenated alkanes) is 7. The van der Waals surface area contributed by atoms with Crippen LogP contribution in [0, 0.1) is 0 Å². The fourth-order valence-corrected chi connectivity index (χ4v) is 4.81. The SMILES string of the molecule is C=CC[Si](C)(C)OC(CCCCC)CCCCCCCC. The highest BCUT2D eigenvalue weighted by Gasteiger charge is 2.24. The lowest BCUT2D eigenvalue weighted by molar-refractivity contribution is 0.164. The molecule has 0 heterocycles. The standard InChI is InChI=1S/C19H40OSi/c1-6-9-11-12-13-15-17-19(16-14-10-7-2)20-21(4,5)18-8-3/h8,19H,3,6-7,9-18H2,1-2,4-5H3. The van der Waals surface area contributed by atoms with E-state index >= 15 is 0 Å². The Morgan fingerprint density at radius 1 is 0.857 bits per heavy atom. The molecule has 0 spiro atoms. The lowest BCUT2D eigenvalue weighted by Gasteiger charge is -2.29. The van der Waals surface area contributed by atoms with E-state index in [9.17, 15) is 0 Å². The summed E-state index contributed by atoms with van der Waals surface area (Å²) in [6, 6.07) is 1.08. The minimum atomic E-state index is -1.53. The molecule has 0 amide bonds. The molecule has 0 saturated heterocycles. The van der Waals surface area contributed by atoms with Crippen molar-refractivity contribution in [3.8, 4) is 0 Å². The maximum atomic E-state index is 6.52. The monoisotopic (exact) mass is 312 g/mol. The Morgan fingerprint density at radius 3 is 1.90 bits per heavy atom. The van der Waals surface area contributed by atoms with Crippen molar-refractivity contribution in [1.82, 2.24) is 0 Å². The second-order valence-electron chi connectivity index (χ2n) is 7.04. The van der Waals surface area contributed by atoms with E-state index in [0.717, 1.165) is 6.04 Å². The predicted molar refractivity (Wildman–Crippen MR) is 99.5 cm³/mol. The van der Waals surface area contributed by atoms with Gasteiger partial charge in [-0.3, -0.25) is 0 Å². The number of hydrogen-bond donors (Lipinski definition) is 0. The predicted octanol–water partition coefficient (Wildman–Crippen LogP) is 7.09. The van der Waals surface area contributed by atoms with E-state index in [1.54, 1.807) is 0 Å². The van der Waals surface area contributed by atoms with Crippen LogP contribution < -0.4 is 0 Å². The maximum absolute atomic E-state index is 6.52. The van der Waals surface area contributed by atoms with Crippen LogP contribution in [0.1, 0.15) is 84.5 Å². The van der Waals surface area contributed by atoms with Crippen molar-refractivity contribution in [2.75, 3.05) is 0 Å². The molecule has 0 aromatic heterocycles. The summed E-state index contributed by atoms with van der Waals surface area (Å²) >= 11 is 0. The molecule has 1 nitrogen and oxygen atoms in total. The van der Waals surface area contributed by atoms with E-state index in [2.05, 4.69) is 33.5 Å². The summed E-state index contributed by atoms with van der Waals surface area (Å²) in [6.07, 6.45) is 17.3. The summed E-state index contributed by atoms with van der Waals surface area (Å²) in [5.74, 6) is 0. The van der Waals surface area contributed by atoms with E-state index in [0.29, 0.717) is 6.10 Å². The van der Waals surface area contributed by atoms with E-state index in [4.69, 9.17) is 4.43 Å². The second-order valence-corrected chi connectivity index (χ2v) is 11.2. The van der Waals surface area contributed by atoms with Gasteiger partial charge < -0.3 is 4.43 Å². The van der Waals surface area contributed by atoms with Crippen LogP contribution in [0.3, 0.4) is 0 Å². The fourth-order valence-electron chi connectivity index (χ4n) is 2.88. The summed E-state index contributed by atoms with van der Waals surface area (Å²) in [5, 5.41) is 0. The molecule has 0 saturated carbocycles. The molecule has 0 bridgehead atoms. The molecule has 0 aromatic carbocycles. The molecular formula is C19H40OSi. The highest BCUT2D eigenvalue weighted by atomic mass is 28.4. The zero-order chi connectivity index (χ0) is 16.0. The Balaban J connectivity index is 4.04. The van der Waals surface area contributed by atoms with Crippen LogP contribution in [0.5, 0.6) is 0 Å². The zero-order valence-corrected chi connectivity index (χ0v) is 16.3. The largest absolute Gasteiger partial charge is 0.414 e. The molecule has 0 aliphatic rings. The highest BCUT2D eigenvalue weighted by Crippen LogP contribution is 2.22. The molecule has 0 aliphatic carbocycles. The van der Waals surface area contributed by atoms with E-state index < -0.39 is 8.32 Å². The van der Waals surface area contributed by atoms with Crippen molar-refractivity contribution in [2.45, 2.75) is 110 Å². The lowest BCUT2D eigenvalue weighted by Crippen LogP contribution is -2.35. The molecule has 126 valence electrons. The summed E-state index contributed by atoms with van der Waals surface area (Å²) in [6.45, 7) is 13.1. The van der Waals surface area contributed by atoms with Gasteiger partial charge in [0.05, 0.1) is 0 Å². The molecule has 0 N–H and O–H groups in total. The first-order valence-electron chi connectivity index (χ1n) is 9.34. The van der Waals surface area contributed by atoms with E-state index in [1.165, 1.54) is 70.6 Å². The van der Waals surface area contributed by atoms with Gasteiger partial charge >= 0.3 is 0 Å². The Morgan fingerprint density at radius 2 is 1.33 bits per heavy atom. The van der Waals surface area contributed by atoms with Crippen molar-refractivity contribution in [2.24, 2.45) is 0 Å². The molecule has 0 radical (unpaired) electrons. The van der Waals surface area contributed by atoms with Crippen LogP contribution in [-0.4, -0.2) is 14.4 Å². The average Bonchev–Trinajstić information content (AvgIpc) is 2.42. The van der Waals surface area contributed by atoms with Gasteiger partial charge in [0.2, 0.25) is 0 Å². The van der Waals surface area contributed by atoms with Gasteiger partial charge in [-0.1, -0.05) is 77.7 Å². The third-order valence-corrected chi connectivity index (χ3v) is 6.37. The highest BCUT2D eigenvalue weighted by molar-refractivity contribution is 6.71. The van der Waals surface area contributed by atoms with E-state index in [1.807, 2.05) is 6.08 Å². The van der Waals surface area contributed by atoms with Gasteiger partial charge in [-0.15, -0.1) is 6.58 Å². The molecule has 0 aliphatic heterocycles. The number of hydrogen-bond acceptors (Lipinski definition) is 1. The molecule has 21 heavy (non-hydrogen) atoms. The zero-order valence-electron chi connectivity index (χ0n) is 15.3. The van der Waals surface area contributed by atoms with Crippen LogP contribution in [0.15, 0.2) is 12.7 Å². The Labute approximate surface area is 135 Å². The summed E-state index contributed by atoms with van der Waals surface area (Å²) < 4.78 is 6.52. The van der Waals surface area contributed by atoms with Crippen LogP contribution in [0.25, 0.3) is 0 Å². The minimum Gasteiger partial charge on any atom is -0.414 e.